The van der Waals surface area contributed by atoms with Gasteiger partial charge < -0.3 is 5.11 Å². The van der Waals surface area contributed by atoms with Crippen molar-refractivity contribution >= 4 is 0 Å². The summed E-state index contributed by atoms with van der Waals surface area (Å²) in [7, 11) is 0. The van der Waals surface area contributed by atoms with E-state index >= 15 is 0 Å². The lowest BCUT2D eigenvalue weighted by molar-refractivity contribution is 0.0997. The van der Waals surface area contributed by atoms with Crippen molar-refractivity contribution in [1.82, 2.24) is 4.90 Å². The molecule has 0 aromatic heterocycles. The number of fused-ring (bicyclic) bond motifs is 1. The Morgan fingerprint density at radius 1 is 1.64 bits per heavy atom. The average molecular weight is 201 g/mol. The van der Waals surface area contributed by atoms with Crippen LogP contribution in [0.25, 0.3) is 0 Å². The lowest BCUT2D eigenvalue weighted by Crippen LogP contribution is -2.41. The Kier molecular flexibility index (Phi) is 3.67. The third-order valence-corrected chi connectivity index (χ3v) is 2.98. The zero-order valence-electron chi connectivity index (χ0n) is 9.09. The standard InChI is InChI=1S/C9H14FNO.C2H6/c1-7-2-9(6-12)3-8(10)5-11(9)4-7;1-2/h8,12H,1-6H2;1-2H3/t8-,9+;/m0./s1. The summed E-state index contributed by atoms with van der Waals surface area (Å²) in [6, 6.07) is 0. The maximum absolute atomic E-state index is 13.0. The highest BCUT2D eigenvalue weighted by Crippen LogP contribution is 2.41. The molecule has 2 atom stereocenters. The van der Waals surface area contributed by atoms with Gasteiger partial charge in [0.15, 0.2) is 0 Å². The Morgan fingerprint density at radius 3 is 2.79 bits per heavy atom. The third kappa shape index (κ3) is 1.84. The number of nitrogens with zero attached hydrogens (tertiary/aromatic N) is 1. The van der Waals surface area contributed by atoms with E-state index in [2.05, 4.69) is 6.58 Å². The minimum absolute atomic E-state index is 0.0619. The molecule has 0 spiro atoms. The van der Waals surface area contributed by atoms with E-state index in [1.54, 1.807) is 0 Å². The second-order valence-corrected chi connectivity index (χ2v) is 3.99. The smallest absolute Gasteiger partial charge is 0.115 e. The molecule has 2 heterocycles. The van der Waals surface area contributed by atoms with Gasteiger partial charge in [0.05, 0.1) is 12.1 Å². The predicted octanol–water partition coefficient (Wildman–Crippen LogP) is 1.75. The number of aliphatic hydroxyl groups is 1. The van der Waals surface area contributed by atoms with Crippen LogP contribution < -0.4 is 0 Å². The normalized spacial score (nSPS) is 36.6. The highest BCUT2D eigenvalue weighted by molar-refractivity contribution is 5.18. The highest BCUT2D eigenvalue weighted by atomic mass is 19.1. The van der Waals surface area contributed by atoms with Crippen molar-refractivity contribution in [2.45, 2.75) is 38.4 Å². The van der Waals surface area contributed by atoms with E-state index in [1.165, 1.54) is 0 Å². The molecule has 0 radical (unpaired) electrons. The Hall–Kier alpha value is -0.410. The molecule has 82 valence electrons. The number of hydrogen-bond donors (Lipinski definition) is 1. The summed E-state index contributed by atoms with van der Waals surface area (Å²) < 4.78 is 13.0. The molecule has 14 heavy (non-hydrogen) atoms. The van der Waals surface area contributed by atoms with Gasteiger partial charge in [-0.1, -0.05) is 26.0 Å². The Labute approximate surface area is 85.4 Å². The van der Waals surface area contributed by atoms with Gasteiger partial charge in [-0.2, -0.15) is 0 Å². The monoisotopic (exact) mass is 201 g/mol. The summed E-state index contributed by atoms with van der Waals surface area (Å²) in [6.45, 7) is 9.18. The van der Waals surface area contributed by atoms with Gasteiger partial charge in [-0.15, -0.1) is 0 Å². The van der Waals surface area contributed by atoms with Crippen molar-refractivity contribution in [2.24, 2.45) is 0 Å². The van der Waals surface area contributed by atoms with Gasteiger partial charge in [0, 0.05) is 19.5 Å². The van der Waals surface area contributed by atoms with E-state index in [1.807, 2.05) is 18.7 Å². The van der Waals surface area contributed by atoms with Gasteiger partial charge in [0.25, 0.3) is 0 Å². The fraction of sp³-hybridized carbons (Fsp3) is 0.818. The summed E-state index contributed by atoms with van der Waals surface area (Å²) in [4.78, 5) is 2.03. The number of hydrogen-bond acceptors (Lipinski definition) is 2. The van der Waals surface area contributed by atoms with Gasteiger partial charge in [-0.3, -0.25) is 4.90 Å². The van der Waals surface area contributed by atoms with Crippen LogP contribution >= 0.6 is 0 Å². The first-order valence-electron chi connectivity index (χ1n) is 5.33. The van der Waals surface area contributed by atoms with Gasteiger partial charge >= 0.3 is 0 Å². The molecule has 2 fully saturated rings. The molecule has 0 aliphatic carbocycles. The number of halogens is 1. The summed E-state index contributed by atoms with van der Waals surface area (Å²) >= 11 is 0. The summed E-state index contributed by atoms with van der Waals surface area (Å²) in [5.41, 5.74) is 0.826. The average Bonchev–Trinajstić information content (AvgIpc) is 2.60. The van der Waals surface area contributed by atoms with Crippen LogP contribution in [0.3, 0.4) is 0 Å². The largest absolute Gasteiger partial charge is 0.394 e. The maximum atomic E-state index is 13.0. The van der Waals surface area contributed by atoms with E-state index < -0.39 is 6.17 Å². The zero-order valence-corrected chi connectivity index (χ0v) is 9.09. The second kappa shape index (κ2) is 4.41. The SMILES string of the molecule is C=C1CN2C[C@@H](F)C[C@@]2(CO)C1.CC. The quantitative estimate of drug-likeness (QED) is 0.653. The zero-order chi connectivity index (χ0) is 10.8. The first-order valence-corrected chi connectivity index (χ1v) is 5.33. The molecule has 3 heteroatoms. The van der Waals surface area contributed by atoms with Crippen LogP contribution in [0.15, 0.2) is 12.2 Å². The fourth-order valence-electron chi connectivity index (χ4n) is 2.47. The second-order valence-electron chi connectivity index (χ2n) is 3.99. The lowest BCUT2D eigenvalue weighted by Gasteiger charge is -2.28. The Balaban J connectivity index is 0.000000461. The molecule has 2 saturated heterocycles. The molecule has 2 rings (SSSR count). The first kappa shape index (κ1) is 11.7. The highest BCUT2D eigenvalue weighted by Gasteiger charge is 2.49. The maximum Gasteiger partial charge on any atom is 0.115 e. The molecule has 2 aliphatic rings. The van der Waals surface area contributed by atoms with Gasteiger partial charge in [0.1, 0.15) is 6.17 Å². The summed E-state index contributed by atoms with van der Waals surface area (Å²) in [5, 5.41) is 9.21. The number of rotatable bonds is 1. The van der Waals surface area contributed by atoms with E-state index in [-0.39, 0.29) is 12.1 Å². The molecule has 0 bridgehead atoms. The van der Waals surface area contributed by atoms with E-state index in [4.69, 9.17) is 0 Å². The molecule has 0 aromatic rings. The van der Waals surface area contributed by atoms with Gasteiger partial charge in [-0.25, -0.2) is 4.39 Å². The number of aliphatic hydroxyl groups excluding tert-OH is 1. The molecular weight excluding hydrogens is 181 g/mol. The molecule has 1 N–H and O–H groups in total. The molecule has 0 aromatic carbocycles. The molecule has 0 unspecified atom stereocenters. The van der Waals surface area contributed by atoms with Crippen molar-refractivity contribution in [3.05, 3.63) is 12.2 Å². The Morgan fingerprint density at radius 2 is 2.29 bits per heavy atom. The van der Waals surface area contributed by atoms with Crippen LogP contribution in [-0.2, 0) is 0 Å². The van der Waals surface area contributed by atoms with Crippen LogP contribution in [-0.4, -0.2) is 41.4 Å². The molecule has 0 saturated carbocycles. The molecule has 2 nitrogen and oxygen atoms in total. The van der Waals surface area contributed by atoms with E-state index in [9.17, 15) is 9.50 Å². The van der Waals surface area contributed by atoms with Gasteiger partial charge in [-0.05, 0) is 6.42 Å². The van der Waals surface area contributed by atoms with Crippen LogP contribution in [0, 0.1) is 0 Å². The first-order chi connectivity index (χ1) is 6.66. The van der Waals surface area contributed by atoms with Crippen molar-refractivity contribution in [2.75, 3.05) is 19.7 Å². The van der Waals surface area contributed by atoms with E-state index in [0.717, 1.165) is 18.5 Å². The third-order valence-electron chi connectivity index (χ3n) is 2.98. The van der Waals surface area contributed by atoms with Crippen molar-refractivity contribution < 1.29 is 9.50 Å². The van der Waals surface area contributed by atoms with Crippen LogP contribution in [0.1, 0.15) is 26.7 Å². The molecule has 0 amide bonds. The minimum atomic E-state index is -0.759. The molecular formula is C11H20FNO. The van der Waals surface area contributed by atoms with Crippen LogP contribution in [0.4, 0.5) is 4.39 Å². The summed E-state index contributed by atoms with van der Waals surface area (Å²) in [6.07, 6.45) is 0.483. The Bertz CT molecular complexity index is 219. The molecule has 2 aliphatic heterocycles. The van der Waals surface area contributed by atoms with Crippen molar-refractivity contribution in [1.29, 1.82) is 0 Å². The van der Waals surface area contributed by atoms with Crippen molar-refractivity contribution in [3.63, 3.8) is 0 Å². The lowest BCUT2D eigenvalue weighted by atomic mass is 9.93. The summed E-state index contributed by atoms with van der Waals surface area (Å²) in [5.74, 6) is 0. The topological polar surface area (TPSA) is 23.5 Å². The van der Waals surface area contributed by atoms with E-state index in [0.29, 0.717) is 13.0 Å². The number of alkyl halides is 1. The van der Waals surface area contributed by atoms with Crippen LogP contribution in [0.2, 0.25) is 0 Å². The fourth-order valence-corrected chi connectivity index (χ4v) is 2.47. The van der Waals surface area contributed by atoms with Gasteiger partial charge in [0.2, 0.25) is 0 Å². The van der Waals surface area contributed by atoms with Crippen molar-refractivity contribution in [3.8, 4) is 0 Å². The minimum Gasteiger partial charge on any atom is -0.394 e. The predicted molar refractivity (Wildman–Crippen MR) is 56.0 cm³/mol. The van der Waals surface area contributed by atoms with Crippen LogP contribution in [0.5, 0.6) is 0 Å².